The Morgan fingerprint density at radius 2 is 1.90 bits per heavy atom. The minimum Gasteiger partial charge on any atom is -0.399 e. The number of benzene rings is 1. The Morgan fingerprint density at radius 1 is 1.33 bits per heavy atom. The molecule has 21 heavy (non-hydrogen) atoms. The lowest BCUT2D eigenvalue weighted by atomic mass is 10.3. The fourth-order valence-corrected chi connectivity index (χ4v) is 3.35. The van der Waals surface area contributed by atoms with Crippen molar-refractivity contribution in [3.05, 3.63) is 22.2 Å². The van der Waals surface area contributed by atoms with E-state index in [1.165, 1.54) is 19.2 Å². The van der Waals surface area contributed by atoms with Crippen LogP contribution in [0, 0.1) is 0 Å². The molecular formula is C12H16Cl2N2O4S. The molecule has 1 amide bonds. The predicted octanol–water partition coefficient (Wildman–Crippen LogP) is 1.97. The van der Waals surface area contributed by atoms with Gasteiger partial charge in [0.15, 0.2) is 9.84 Å². The summed E-state index contributed by atoms with van der Waals surface area (Å²) in [4.78, 5) is 11.8. The highest BCUT2D eigenvalue weighted by Gasteiger charge is 2.18. The van der Waals surface area contributed by atoms with E-state index in [2.05, 4.69) is 5.32 Å². The maximum atomic E-state index is 11.8. The maximum absolute atomic E-state index is 11.8. The minimum absolute atomic E-state index is 0.128. The fourth-order valence-electron chi connectivity index (χ4n) is 1.58. The lowest BCUT2D eigenvalue weighted by Crippen LogP contribution is -2.25. The molecule has 0 atom stereocenters. The number of ether oxygens (including phenoxy) is 1. The second-order valence-electron chi connectivity index (χ2n) is 4.35. The van der Waals surface area contributed by atoms with Crippen molar-refractivity contribution in [3.63, 3.8) is 0 Å². The number of nitrogens with one attached hydrogen (secondary N) is 1. The Hall–Kier alpha value is -1.02. The van der Waals surface area contributed by atoms with E-state index < -0.39 is 21.5 Å². The van der Waals surface area contributed by atoms with E-state index in [1.54, 1.807) is 0 Å². The molecule has 0 heterocycles. The molecule has 0 aromatic heterocycles. The number of hydrogen-bond donors (Lipinski definition) is 2. The number of hydrogen-bond acceptors (Lipinski definition) is 5. The van der Waals surface area contributed by atoms with Crippen molar-refractivity contribution in [2.75, 3.05) is 36.3 Å². The zero-order chi connectivity index (χ0) is 16.0. The third-order valence-electron chi connectivity index (χ3n) is 2.48. The fraction of sp³-hybridized carbons (Fsp3) is 0.417. The summed E-state index contributed by atoms with van der Waals surface area (Å²) in [6.45, 7) is 0.316. The topological polar surface area (TPSA) is 98.5 Å². The Balaban J connectivity index is 2.70. The van der Waals surface area contributed by atoms with Gasteiger partial charge in [0.2, 0.25) is 5.91 Å². The van der Waals surface area contributed by atoms with Gasteiger partial charge in [0.25, 0.3) is 0 Å². The molecule has 0 fully saturated rings. The average Bonchev–Trinajstić information content (AvgIpc) is 2.33. The third kappa shape index (κ3) is 6.09. The number of carbonyl (C=O) groups excluding carboxylic acids is 1. The highest BCUT2D eigenvalue weighted by Crippen LogP contribution is 2.32. The average molecular weight is 355 g/mol. The molecule has 0 aliphatic rings. The van der Waals surface area contributed by atoms with Gasteiger partial charge in [0.05, 0.1) is 21.5 Å². The van der Waals surface area contributed by atoms with Crippen LogP contribution in [0.15, 0.2) is 12.1 Å². The van der Waals surface area contributed by atoms with E-state index in [4.69, 9.17) is 33.7 Å². The summed E-state index contributed by atoms with van der Waals surface area (Å²) in [6, 6.07) is 2.83. The third-order valence-corrected chi connectivity index (χ3v) is 4.69. The summed E-state index contributed by atoms with van der Waals surface area (Å²) in [7, 11) is -2.03. The number of nitrogens with two attached hydrogens (primary N) is 1. The normalized spacial score (nSPS) is 11.4. The van der Waals surface area contributed by atoms with Crippen molar-refractivity contribution in [1.29, 1.82) is 0 Å². The maximum Gasteiger partial charge on any atom is 0.239 e. The Kier molecular flexibility index (Phi) is 6.73. The van der Waals surface area contributed by atoms with E-state index in [9.17, 15) is 13.2 Å². The SMILES string of the molecule is COCCCS(=O)(=O)CC(=O)Nc1c(Cl)cc(N)cc1Cl. The van der Waals surface area contributed by atoms with E-state index >= 15 is 0 Å². The number of carbonyl (C=O) groups is 1. The van der Waals surface area contributed by atoms with E-state index in [-0.39, 0.29) is 21.5 Å². The highest BCUT2D eigenvalue weighted by molar-refractivity contribution is 7.92. The molecule has 1 aromatic rings. The minimum atomic E-state index is -3.51. The zero-order valence-electron chi connectivity index (χ0n) is 11.4. The molecule has 9 heteroatoms. The van der Waals surface area contributed by atoms with E-state index in [0.717, 1.165) is 0 Å². The summed E-state index contributed by atoms with van der Waals surface area (Å²) in [5.74, 6) is -1.48. The first kappa shape index (κ1) is 18.0. The first-order valence-electron chi connectivity index (χ1n) is 5.99. The van der Waals surface area contributed by atoms with Gasteiger partial charge in [-0.25, -0.2) is 8.42 Å². The largest absolute Gasteiger partial charge is 0.399 e. The van der Waals surface area contributed by atoms with Crippen LogP contribution < -0.4 is 11.1 Å². The van der Waals surface area contributed by atoms with Crippen LogP contribution >= 0.6 is 23.2 Å². The van der Waals surface area contributed by atoms with Crippen LogP contribution in [0.3, 0.4) is 0 Å². The molecule has 1 rings (SSSR count). The first-order valence-corrected chi connectivity index (χ1v) is 8.56. The number of halogens is 2. The van der Waals surface area contributed by atoms with Crippen molar-refractivity contribution in [1.82, 2.24) is 0 Å². The number of nitrogen functional groups attached to an aromatic ring is 1. The molecule has 1 aromatic carbocycles. The van der Waals surface area contributed by atoms with Gasteiger partial charge in [-0.2, -0.15) is 0 Å². The van der Waals surface area contributed by atoms with Crippen molar-refractivity contribution in [2.24, 2.45) is 0 Å². The second-order valence-corrected chi connectivity index (χ2v) is 7.34. The van der Waals surface area contributed by atoms with Crippen LogP contribution in [0.4, 0.5) is 11.4 Å². The number of sulfone groups is 1. The number of rotatable bonds is 7. The van der Waals surface area contributed by atoms with Gasteiger partial charge in [0.1, 0.15) is 5.75 Å². The molecule has 0 bridgehead atoms. The lowest BCUT2D eigenvalue weighted by molar-refractivity contribution is -0.113. The lowest BCUT2D eigenvalue weighted by Gasteiger charge is -2.10. The van der Waals surface area contributed by atoms with E-state index in [0.29, 0.717) is 18.7 Å². The number of methoxy groups -OCH3 is 1. The van der Waals surface area contributed by atoms with Gasteiger partial charge in [-0.1, -0.05) is 23.2 Å². The summed E-state index contributed by atoms with van der Waals surface area (Å²) in [6.07, 6.45) is 0.329. The summed E-state index contributed by atoms with van der Waals surface area (Å²) in [5.41, 5.74) is 6.03. The van der Waals surface area contributed by atoms with Crippen molar-refractivity contribution < 1.29 is 17.9 Å². The summed E-state index contributed by atoms with van der Waals surface area (Å²) in [5, 5.41) is 2.67. The van der Waals surface area contributed by atoms with Gasteiger partial charge < -0.3 is 15.8 Å². The molecule has 0 unspecified atom stereocenters. The molecule has 3 N–H and O–H groups in total. The highest BCUT2D eigenvalue weighted by atomic mass is 35.5. The summed E-state index contributed by atoms with van der Waals surface area (Å²) >= 11 is 11.8. The van der Waals surface area contributed by atoms with Gasteiger partial charge in [-0.05, 0) is 18.6 Å². The van der Waals surface area contributed by atoms with Crippen LogP contribution in [0.1, 0.15) is 6.42 Å². The van der Waals surface area contributed by atoms with Gasteiger partial charge in [-0.15, -0.1) is 0 Å². The molecule has 118 valence electrons. The van der Waals surface area contributed by atoms with Crippen molar-refractivity contribution in [3.8, 4) is 0 Å². The summed E-state index contributed by atoms with van der Waals surface area (Å²) < 4.78 is 28.2. The van der Waals surface area contributed by atoms with Gasteiger partial charge in [0, 0.05) is 19.4 Å². The van der Waals surface area contributed by atoms with Crippen molar-refractivity contribution in [2.45, 2.75) is 6.42 Å². The Labute approximate surface area is 133 Å². The number of anilines is 2. The molecule has 0 saturated heterocycles. The quantitative estimate of drug-likeness (QED) is 0.576. The molecule has 6 nitrogen and oxygen atoms in total. The number of amides is 1. The standard InChI is InChI=1S/C12H16Cl2N2O4S/c1-20-3-2-4-21(18,19)7-11(17)16-12-9(13)5-8(15)6-10(12)14/h5-6H,2-4,7,15H2,1H3,(H,16,17). The molecule has 0 aliphatic carbocycles. The van der Waals surface area contributed by atoms with Crippen LogP contribution in [0.25, 0.3) is 0 Å². The van der Waals surface area contributed by atoms with E-state index in [1.807, 2.05) is 0 Å². The second kappa shape index (κ2) is 7.84. The smallest absolute Gasteiger partial charge is 0.239 e. The zero-order valence-corrected chi connectivity index (χ0v) is 13.7. The van der Waals surface area contributed by atoms with Crippen LogP contribution in [0.5, 0.6) is 0 Å². The Bertz CT molecular complexity index is 597. The van der Waals surface area contributed by atoms with Gasteiger partial charge >= 0.3 is 0 Å². The Morgan fingerprint density at radius 3 is 2.43 bits per heavy atom. The first-order chi connectivity index (χ1) is 9.75. The van der Waals surface area contributed by atoms with Crippen LogP contribution in [-0.2, 0) is 19.4 Å². The van der Waals surface area contributed by atoms with Crippen LogP contribution in [0.2, 0.25) is 10.0 Å². The molecule has 0 aliphatic heterocycles. The molecule has 0 radical (unpaired) electrons. The molecule has 0 saturated carbocycles. The monoisotopic (exact) mass is 354 g/mol. The predicted molar refractivity (Wildman–Crippen MR) is 84.7 cm³/mol. The van der Waals surface area contributed by atoms with Crippen molar-refractivity contribution >= 4 is 50.3 Å². The molecule has 0 spiro atoms. The van der Waals surface area contributed by atoms with Crippen LogP contribution in [-0.4, -0.2) is 39.5 Å². The molecular weight excluding hydrogens is 339 g/mol. The van der Waals surface area contributed by atoms with Gasteiger partial charge in [-0.3, -0.25) is 4.79 Å².